The summed E-state index contributed by atoms with van der Waals surface area (Å²) in [4.78, 5) is 14.5. The first-order valence-corrected chi connectivity index (χ1v) is 8.10. The van der Waals surface area contributed by atoms with E-state index in [4.69, 9.17) is 9.47 Å². The Labute approximate surface area is 143 Å². The van der Waals surface area contributed by atoms with E-state index in [-0.39, 0.29) is 30.5 Å². The van der Waals surface area contributed by atoms with E-state index in [9.17, 15) is 4.79 Å². The second-order valence-electron chi connectivity index (χ2n) is 6.02. The molecule has 1 aromatic rings. The van der Waals surface area contributed by atoms with Crippen LogP contribution in [0.25, 0.3) is 0 Å². The highest BCUT2D eigenvalue weighted by molar-refractivity contribution is 5.94. The average Bonchev–Trinajstić information content (AvgIpc) is 3.07. The van der Waals surface area contributed by atoms with Crippen LogP contribution in [0.15, 0.2) is 24.3 Å². The summed E-state index contributed by atoms with van der Waals surface area (Å²) in [6.07, 6.45) is 2.39. The fourth-order valence-corrected chi connectivity index (χ4v) is 2.97. The van der Waals surface area contributed by atoms with Crippen LogP contribution >= 0.6 is 12.4 Å². The molecule has 2 heterocycles. The number of piperazine rings is 1. The number of hydrogen-bond acceptors (Lipinski definition) is 4. The number of benzene rings is 1. The summed E-state index contributed by atoms with van der Waals surface area (Å²) in [6.45, 7) is 5.97. The molecular formula is C17H25ClN2O3. The van der Waals surface area contributed by atoms with Gasteiger partial charge < -0.3 is 19.7 Å². The largest absolute Gasteiger partial charge is 0.491 e. The van der Waals surface area contributed by atoms with Crippen molar-refractivity contribution >= 4 is 18.3 Å². The molecule has 2 saturated heterocycles. The molecule has 5 nitrogen and oxygen atoms in total. The van der Waals surface area contributed by atoms with Gasteiger partial charge in [-0.25, -0.2) is 0 Å². The van der Waals surface area contributed by atoms with Crippen molar-refractivity contribution in [3.05, 3.63) is 29.8 Å². The summed E-state index contributed by atoms with van der Waals surface area (Å²) < 4.78 is 11.3. The van der Waals surface area contributed by atoms with Crippen molar-refractivity contribution in [1.82, 2.24) is 10.2 Å². The Morgan fingerprint density at radius 2 is 2.17 bits per heavy atom. The van der Waals surface area contributed by atoms with Crippen LogP contribution in [0.2, 0.25) is 0 Å². The molecule has 0 saturated carbocycles. The molecule has 128 valence electrons. The summed E-state index contributed by atoms with van der Waals surface area (Å²) >= 11 is 0. The molecule has 1 amide bonds. The van der Waals surface area contributed by atoms with Crippen LogP contribution in [0.4, 0.5) is 0 Å². The lowest BCUT2D eigenvalue weighted by molar-refractivity contribution is 0.0652. The smallest absolute Gasteiger partial charge is 0.254 e. The van der Waals surface area contributed by atoms with Crippen molar-refractivity contribution in [1.29, 1.82) is 0 Å². The first-order valence-electron chi connectivity index (χ1n) is 8.10. The van der Waals surface area contributed by atoms with Crippen LogP contribution in [0.5, 0.6) is 5.75 Å². The van der Waals surface area contributed by atoms with Crippen LogP contribution in [0, 0.1) is 0 Å². The molecule has 2 aliphatic heterocycles. The van der Waals surface area contributed by atoms with Crippen LogP contribution in [0.1, 0.15) is 30.1 Å². The van der Waals surface area contributed by atoms with Gasteiger partial charge in [0.05, 0.1) is 6.10 Å². The van der Waals surface area contributed by atoms with Gasteiger partial charge in [-0.1, -0.05) is 0 Å². The SMILES string of the molecule is C[C@@H]1CNCCN1C(=O)c1ccc(OCC2CCCO2)cc1.Cl. The summed E-state index contributed by atoms with van der Waals surface area (Å²) in [5.41, 5.74) is 0.721. The normalized spacial score (nSPS) is 24.1. The fraction of sp³-hybridized carbons (Fsp3) is 0.588. The second-order valence-corrected chi connectivity index (χ2v) is 6.02. The Kier molecular flexibility index (Phi) is 6.69. The minimum absolute atomic E-state index is 0. The fourth-order valence-electron chi connectivity index (χ4n) is 2.97. The van der Waals surface area contributed by atoms with Crippen molar-refractivity contribution in [3.8, 4) is 5.75 Å². The third-order valence-corrected chi connectivity index (χ3v) is 4.32. The number of carbonyl (C=O) groups is 1. The predicted octanol–water partition coefficient (Wildman–Crippen LogP) is 2.10. The summed E-state index contributed by atoms with van der Waals surface area (Å²) in [5.74, 6) is 0.889. The predicted molar refractivity (Wildman–Crippen MR) is 91.5 cm³/mol. The van der Waals surface area contributed by atoms with Gasteiger partial charge >= 0.3 is 0 Å². The maximum Gasteiger partial charge on any atom is 0.254 e. The molecule has 1 N–H and O–H groups in total. The Balaban J connectivity index is 0.00000192. The number of nitrogens with one attached hydrogen (secondary N) is 1. The highest BCUT2D eigenvalue weighted by Gasteiger charge is 2.24. The van der Waals surface area contributed by atoms with E-state index in [0.29, 0.717) is 6.61 Å². The molecule has 0 spiro atoms. The number of ether oxygens (including phenoxy) is 2. The second kappa shape index (κ2) is 8.52. The van der Waals surface area contributed by atoms with Gasteiger partial charge in [-0.05, 0) is 44.0 Å². The van der Waals surface area contributed by atoms with Crippen molar-refractivity contribution < 1.29 is 14.3 Å². The van der Waals surface area contributed by atoms with Gasteiger partial charge in [0.15, 0.2) is 0 Å². The van der Waals surface area contributed by atoms with Crippen molar-refractivity contribution in [3.63, 3.8) is 0 Å². The maximum absolute atomic E-state index is 12.5. The van der Waals surface area contributed by atoms with Crippen LogP contribution in [-0.4, -0.2) is 55.8 Å². The molecule has 0 radical (unpaired) electrons. The third kappa shape index (κ3) is 4.59. The van der Waals surface area contributed by atoms with Gasteiger partial charge in [0.2, 0.25) is 0 Å². The van der Waals surface area contributed by atoms with Crippen LogP contribution in [0.3, 0.4) is 0 Å². The lowest BCUT2D eigenvalue weighted by Crippen LogP contribution is -2.52. The molecule has 2 atom stereocenters. The Bertz CT molecular complexity index is 503. The maximum atomic E-state index is 12.5. The van der Waals surface area contributed by atoms with Crippen LogP contribution in [-0.2, 0) is 4.74 Å². The number of nitrogens with zero attached hydrogens (tertiary/aromatic N) is 1. The van der Waals surface area contributed by atoms with Crippen molar-refractivity contribution in [2.24, 2.45) is 0 Å². The molecule has 1 unspecified atom stereocenters. The van der Waals surface area contributed by atoms with E-state index in [2.05, 4.69) is 12.2 Å². The van der Waals surface area contributed by atoms with Gasteiger partial charge in [0.1, 0.15) is 12.4 Å². The summed E-state index contributed by atoms with van der Waals surface area (Å²) in [5, 5.41) is 3.30. The number of rotatable bonds is 4. The molecule has 0 aliphatic carbocycles. The van der Waals surface area contributed by atoms with Gasteiger partial charge in [-0.2, -0.15) is 0 Å². The van der Waals surface area contributed by atoms with Gasteiger partial charge in [-0.3, -0.25) is 4.79 Å². The third-order valence-electron chi connectivity index (χ3n) is 4.32. The van der Waals surface area contributed by atoms with Crippen LogP contribution < -0.4 is 10.1 Å². The number of hydrogen-bond donors (Lipinski definition) is 1. The quantitative estimate of drug-likeness (QED) is 0.912. The van der Waals surface area contributed by atoms with E-state index in [1.807, 2.05) is 29.2 Å². The average molecular weight is 341 g/mol. The Morgan fingerprint density at radius 1 is 1.39 bits per heavy atom. The van der Waals surface area contributed by atoms with E-state index < -0.39 is 0 Å². The van der Waals surface area contributed by atoms with Crippen molar-refractivity contribution in [2.75, 3.05) is 32.8 Å². The zero-order valence-corrected chi connectivity index (χ0v) is 14.3. The highest BCUT2D eigenvalue weighted by Crippen LogP contribution is 2.18. The molecule has 2 fully saturated rings. The lowest BCUT2D eigenvalue weighted by atomic mass is 10.1. The molecule has 2 aliphatic rings. The summed E-state index contributed by atoms with van der Waals surface area (Å²) in [6, 6.07) is 7.67. The lowest BCUT2D eigenvalue weighted by Gasteiger charge is -2.34. The van der Waals surface area contributed by atoms with Gasteiger partial charge in [0, 0.05) is 37.8 Å². The molecule has 3 rings (SSSR count). The molecule has 0 bridgehead atoms. The molecule has 1 aromatic carbocycles. The minimum Gasteiger partial charge on any atom is -0.491 e. The summed E-state index contributed by atoms with van der Waals surface area (Å²) in [7, 11) is 0. The van der Waals surface area contributed by atoms with E-state index >= 15 is 0 Å². The number of amides is 1. The zero-order chi connectivity index (χ0) is 15.4. The first-order chi connectivity index (χ1) is 10.7. The van der Waals surface area contributed by atoms with Crippen molar-refractivity contribution in [2.45, 2.75) is 31.9 Å². The van der Waals surface area contributed by atoms with E-state index in [0.717, 1.165) is 50.4 Å². The molecule has 0 aromatic heterocycles. The number of carbonyl (C=O) groups excluding carboxylic acids is 1. The highest BCUT2D eigenvalue weighted by atomic mass is 35.5. The van der Waals surface area contributed by atoms with E-state index in [1.165, 1.54) is 0 Å². The molecule has 23 heavy (non-hydrogen) atoms. The zero-order valence-electron chi connectivity index (χ0n) is 13.5. The minimum atomic E-state index is 0. The Hall–Kier alpha value is -1.30. The van der Waals surface area contributed by atoms with Gasteiger partial charge in [0.25, 0.3) is 5.91 Å². The topological polar surface area (TPSA) is 50.8 Å². The molecular weight excluding hydrogens is 316 g/mol. The standard InChI is InChI=1S/C17H24N2O3.ClH/c1-13-11-18-8-9-19(13)17(20)14-4-6-15(7-5-14)22-12-16-3-2-10-21-16;/h4-7,13,16,18H,2-3,8-12H2,1H3;1H/t13-,16?;/m1./s1. The first kappa shape index (κ1) is 18.0. The number of halogens is 1. The van der Waals surface area contributed by atoms with Gasteiger partial charge in [-0.15, -0.1) is 12.4 Å². The monoisotopic (exact) mass is 340 g/mol. The Morgan fingerprint density at radius 3 is 2.83 bits per heavy atom. The molecule has 6 heteroatoms. The van der Waals surface area contributed by atoms with E-state index in [1.54, 1.807) is 0 Å².